The molecule has 0 aliphatic heterocycles. The molecule has 1 aromatic heterocycles. The van der Waals surface area contributed by atoms with Crippen LogP contribution >= 0.6 is 11.6 Å². The zero-order chi connectivity index (χ0) is 17.8. The first-order chi connectivity index (χ1) is 12.0. The second-order valence-electron chi connectivity index (χ2n) is 5.30. The average molecular weight is 357 g/mol. The van der Waals surface area contributed by atoms with Gasteiger partial charge in [-0.15, -0.1) is 0 Å². The van der Waals surface area contributed by atoms with Gasteiger partial charge in [0.25, 0.3) is 5.91 Å². The fourth-order valence-corrected chi connectivity index (χ4v) is 2.37. The maximum Gasteiger partial charge on any atom is 0.257 e. The SMILES string of the molecule is Cc1nc(F)ccc1C(=O)Nc1cccc(Oc2ccc(Cl)cc2)c1. The van der Waals surface area contributed by atoms with Crippen LogP contribution < -0.4 is 10.1 Å². The third-order valence-corrected chi connectivity index (χ3v) is 3.69. The lowest BCUT2D eigenvalue weighted by Crippen LogP contribution is -2.14. The molecular weight excluding hydrogens is 343 g/mol. The molecule has 4 nitrogen and oxygen atoms in total. The van der Waals surface area contributed by atoms with Gasteiger partial charge in [0.15, 0.2) is 0 Å². The summed E-state index contributed by atoms with van der Waals surface area (Å²) in [6.45, 7) is 1.58. The standard InChI is InChI=1S/C19H14ClFN2O2/c1-12-17(9-10-18(21)22-12)19(24)23-14-3-2-4-16(11-14)25-15-7-5-13(20)6-8-15/h2-11H,1H3,(H,23,24). The normalized spacial score (nSPS) is 10.4. The summed E-state index contributed by atoms with van der Waals surface area (Å²) in [6, 6.07) is 16.5. The molecule has 3 aromatic rings. The van der Waals surface area contributed by atoms with Crippen molar-refractivity contribution >= 4 is 23.2 Å². The molecule has 0 fully saturated rings. The van der Waals surface area contributed by atoms with Crippen LogP contribution in [0, 0.1) is 12.9 Å². The summed E-state index contributed by atoms with van der Waals surface area (Å²) in [7, 11) is 0. The molecule has 0 saturated carbocycles. The molecule has 0 aliphatic rings. The molecule has 0 spiro atoms. The molecule has 25 heavy (non-hydrogen) atoms. The van der Waals surface area contributed by atoms with E-state index < -0.39 is 5.95 Å². The Labute approximate surface area is 149 Å². The Morgan fingerprint density at radius 2 is 1.84 bits per heavy atom. The molecular formula is C19H14ClFN2O2. The predicted octanol–water partition coefficient (Wildman–Crippen LogP) is 5.23. The summed E-state index contributed by atoms with van der Waals surface area (Å²) in [6.07, 6.45) is 0. The number of nitrogens with one attached hydrogen (secondary N) is 1. The van der Waals surface area contributed by atoms with E-state index >= 15 is 0 Å². The number of rotatable bonds is 4. The summed E-state index contributed by atoms with van der Waals surface area (Å²) in [5, 5.41) is 3.37. The molecule has 1 heterocycles. The number of anilines is 1. The lowest BCUT2D eigenvalue weighted by molar-refractivity contribution is 0.102. The molecule has 0 saturated heterocycles. The van der Waals surface area contributed by atoms with E-state index in [1.54, 1.807) is 55.5 Å². The number of benzene rings is 2. The van der Waals surface area contributed by atoms with E-state index in [2.05, 4.69) is 10.3 Å². The minimum atomic E-state index is -0.618. The summed E-state index contributed by atoms with van der Waals surface area (Å²) in [5.74, 6) is 0.210. The zero-order valence-corrected chi connectivity index (χ0v) is 14.0. The van der Waals surface area contributed by atoms with Gasteiger partial charge in [-0.1, -0.05) is 17.7 Å². The Morgan fingerprint density at radius 1 is 1.08 bits per heavy atom. The maximum atomic E-state index is 13.1. The van der Waals surface area contributed by atoms with Crippen LogP contribution in [0.3, 0.4) is 0 Å². The fraction of sp³-hybridized carbons (Fsp3) is 0.0526. The van der Waals surface area contributed by atoms with Gasteiger partial charge < -0.3 is 10.1 Å². The third-order valence-electron chi connectivity index (χ3n) is 3.44. The van der Waals surface area contributed by atoms with Crippen LogP contribution in [0.1, 0.15) is 16.1 Å². The van der Waals surface area contributed by atoms with Gasteiger partial charge in [0, 0.05) is 16.8 Å². The van der Waals surface area contributed by atoms with E-state index in [4.69, 9.17) is 16.3 Å². The fourth-order valence-electron chi connectivity index (χ4n) is 2.24. The summed E-state index contributed by atoms with van der Waals surface area (Å²) >= 11 is 5.85. The molecule has 0 bridgehead atoms. The van der Waals surface area contributed by atoms with E-state index in [1.807, 2.05) is 0 Å². The van der Waals surface area contributed by atoms with Crippen LogP contribution in [0.25, 0.3) is 0 Å². The molecule has 1 amide bonds. The molecule has 0 atom stereocenters. The second kappa shape index (κ2) is 7.32. The van der Waals surface area contributed by atoms with Gasteiger partial charge in [0.1, 0.15) is 11.5 Å². The van der Waals surface area contributed by atoms with Gasteiger partial charge >= 0.3 is 0 Å². The lowest BCUT2D eigenvalue weighted by atomic mass is 10.2. The van der Waals surface area contributed by atoms with Crippen molar-refractivity contribution in [3.63, 3.8) is 0 Å². The number of aromatic nitrogens is 1. The highest BCUT2D eigenvalue weighted by molar-refractivity contribution is 6.30. The highest BCUT2D eigenvalue weighted by Crippen LogP contribution is 2.25. The minimum Gasteiger partial charge on any atom is -0.457 e. The van der Waals surface area contributed by atoms with Crippen molar-refractivity contribution in [2.24, 2.45) is 0 Å². The Morgan fingerprint density at radius 3 is 2.56 bits per heavy atom. The summed E-state index contributed by atoms with van der Waals surface area (Å²) in [5.41, 5.74) is 1.19. The van der Waals surface area contributed by atoms with Crippen molar-refractivity contribution < 1.29 is 13.9 Å². The third kappa shape index (κ3) is 4.33. The zero-order valence-electron chi connectivity index (χ0n) is 13.3. The molecule has 0 unspecified atom stereocenters. The van der Waals surface area contributed by atoms with E-state index in [9.17, 15) is 9.18 Å². The number of carbonyl (C=O) groups excluding carboxylic acids is 1. The summed E-state index contributed by atoms with van der Waals surface area (Å²) in [4.78, 5) is 16.0. The van der Waals surface area contributed by atoms with E-state index in [0.29, 0.717) is 33.5 Å². The van der Waals surface area contributed by atoms with Crippen LogP contribution in [-0.4, -0.2) is 10.9 Å². The predicted molar refractivity (Wildman–Crippen MR) is 94.9 cm³/mol. The van der Waals surface area contributed by atoms with Crippen molar-refractivity contribution in [3.8, 4) is 11.5 Å². The molecule has 0 aliphatic carbocycles. The maximum absolute atomic E-state index is 13.1. The van der Waals surface area contributed by atoms with Gasteiger partial charge in [0.05, 0.1) is 11.3 Å². The number of carbonyl (C=O) groups is 1. The minimum absolute atomic E-state index is 0.311. The molecule has 6 heteroatoms. The Kier molecular flexibility index (Phi) is 4.95. The smallest absolute Gasteiger partial charge is 0.257 e. The Bertz CT molecular complexity index is 914. The number of nitrogens with zero attached hydrogens (tertiary/aromatic N) is 1. The second-order valence-corrected chi connectivity index (χ2v) is 5.74. The van der Waals surface area contributed by atoms with Crippen molar-refractivity contribution in [1.29, 1.82) is 0 Å². The van der Waals surface area contributed by atoms with Crippen LogP contribution in [-0.2, 0) is 0 Å². The number of halogens is 2. The van der Waals surface area contributed by atoms with Gasteiger partial charge in [-0.3, -0.25) is 4.79 Å². The lowest BCUT2D eigenvalue weighted by Gasteiger charge is -2.10. The van der Waals surface area contributed by atoms with Gasteiger partial charge in [-0.2, -0.15) is 4.39 Å². The molecule has 126 valence electrons. The number of pyridine rings is 1. The van der Waals surface area contributed by atoms with E-state index in [1.165, 1.54) is 6.07 Å². The van der Waals surface area contributed by atoms with Crippen molar-refractivity contribution in [2.45, 2.75) is 6.92 Å². The quantitative estimate of drug-likeness (QED) is 0.651. The van der Waals surface area contributed by atoms with Crippen LogP contribution in [0.2, 0.25) is 5.02 Å². The van der Waals surface area contributed by atoms with Gasteiger partial charge in [0.2, 0.25) is 5.95 Å². The van der Waals surface area contributed by atoms with Crippen molar-refractivity contribution in [3.05, 3.63) is 82.9 Å². The Balaban J connectivity index is 1.75. The monoisotopic (exact) mass is 356 g/mol. The number of amides is 1. The van der Waals surface area contributed by atoms with Gasteiger partial charge in [-0.25, -0.2) is 4.98 Å². The van der Waals surface area contributed by atoms with Crippen molar-refractivity contribution in [2.75, 3.05) is 5.32 Å². The Hall–Kier alpha value is -2.92. The van der Waals surface area contributed by atoms with E-state index in [-0.39, 0.29) is 5.91 Å². The summed E-state index contributed by atoms with van der Waals surface area (Å²) < 4.78 is 18.8. The van der Waals surface area contributed by atoms with Crippen LogP contribution in [0.15, 0.2) is 60.7 Å². The largest absolute Gasteiger partial charge is 0.457 e. The first kappa shape index (κ1) is 16.9. The van der Waals surface area contributed by atoms with Crippen molar-refractivity contribution in [1.82, 2.24) is 4.98 Å². The highest BCUT2D eigenvalue weighted by Gasteiger charge is 2.11. The topological polar surface area (TPSA) is 51.2 Å². The number of hydrogen-bond donors (Lipinski definition) is 1. The molecule has 3 rings (SSSR count). The van der Waals surface area contributed by atoms with E-state index in [0.717, 1.165) is 6.07 Å². The molecule has 0 radical (unpaired) electrons. The van der Waals surface area contributed by atoms with Crippen LogP contribution in [0.5, 0.6) is 11.5 Å². The molecule has 1 N–H and O–H groups in total. The van der Waals surface area contributed by atoms with Gasteiger partial charge in [-0.05, 0) is 55.5 Å². The molecule has 2 aromatic carbocycles. The number of hydrogen-bond acceptors (Lipinski definition) is 3. The highest BCUT2D eigenvalue weighted by atomic mass is 35.5. The number of aryl methyl sites for hydroxylation is 1. The first-order valence-corrected chi connectivity index (χ1v) is 7.87. The number of ether oxygens (including phenoxy) is 1. The van der Waals surface area contributed by atoms with Crippen LogP contribution in [0.4, 0.5) is 10.1 Å². The average Bonchev–Trinajstić information content (AvgIpc) is 2.57. The first-order valence-electron chi connectivity index (χ1n) is 7.49.